The molecule has 0 saturated heterocycles. The lowest BCUT2D eigenvalue weighted by atomic mass is 9.78. The molecule has 3 unspecified atom stereocenters. The molecular weight excluding hydrogens is 424 g/mol. The molecule has 176 valence electrons. The van der Waals surface area contributed by atoms with E-state index in [9.17, 15) is 9.59 Å². The topological polar surface area (TPSA) is 68.9 Å². The van der Waals surface area contributed by atoms with Gasteiger partial charge in [-0.3, -0.25) is 9.59 Å². The summed E-state index contributed by atoms with van der Waals surface area (Å²) in [5.74, 6) is 0.872. The van der Waals surface area contributed by atoms with Gasteiger partial charge in [0.1, 0.15) is 12.1 Å². The fourth-order valence-electron chi connectivity index (χ4n) is 5.40. The summed E-state index contributed by atoms with van der Waals surface area (Å²) in [4.78, 5) is 26.5. The number of carbonyl (C=O) groups excluding carboxylic acids is 1. The first-order valence-electron chi connectivity index (χ1n) is 12.2. The van der Waals surface area contributed by atoms with E-state index in [2.05, 4.69) is 47.9 Å². The van der Waals surface area contributed by atoms with Gasteiger partial charge < -0.3 is 9.88 Å². The van der Waals surface area contributed by atoms with Gasteiger partial charge in [0, 0.05) is 28.9 Å². The van der Waals surface area contributed by atoms with Crippen molar-refractivity contribution < 1.29 is 4.79 Å². The van der Waals surface area contributed by atoms with E-state index >= 15 is 0 Å². The Kier molecular flexibility index (Phi) is 5.98. The van der Waals surface area contributed by atoms with Crippen molar-refractivity contribution in [3.63, 3.8) is 0 Å². The van der Waals surface area contributed by atoms with Crippen molar-refractivity contribution in [3.8, 4) is 0 Å². The average Bonchev–Trinajstić information content (AvgIpc) is 3.14. The maximum absolute atomic E-state index is 13.6. The Morgan fingerprint density at radius 3 is 2.65 bits per heavy atom. The molecule has 0 radical (unpaired) electrons. The maximum Gasteiger partial charge on any atom is 0.291 e. The van der Waals surface area contributed by atoms with Gasteiger partial charge in [0.2, 0.25) is 5.91 Å². The lowest BCUT2D eigenvalue weighted by Gasteiger charge is -2.34. The number of aryl methyl sites for hydroxylation is 1. The Balaban J connectivity index is 1.52. The van der Waals surface area contributed by atoms with Gasteiger partial charge in [-0.15, -0.1) is 0 Å². The number of hydrogen-bond donors (Lipinski definition) is 1. The minimum Gasteiger partial charge on any atom is -0.351 e. The van der Waals surface area contributed by atoms with Crippen LogP contribution in [0.1, 0.15) is 44.2 Å². The molecule has 5 rings (SSSR count). The zero-order valence-corrected chi connectivity index (χ0v) is 20.1. The molecule has 2 heterocycles. The Hall–Kier alpha value is -3.41. The second-order valence-corrected chi connectivity index (χ2v) is 9.84. The number of aromatic nitrogens is 3. The minimum atomic E-state index is -0.234. The Morgan fingerprint density at radius 1 is 1.06 bits per heavy atom. The number of nitrogens with one attached hydrogen (secondary N) is 1. The first kappa shape index (κ1) is 22.4. The summed E-state index contributed by atoms with van der Waals surface area (Å²) < 4.78 is 3.37. The molecule has 4 aromatic rings. The van der Waals surface area contributed by atoms with Gasteiger partial charge in [-0.05, 0) is 42.4 Å². The van der Waals surface area contributed by atoms with Crippen LogP contribution in [0.2, 0.25) is 0 Å². The van der Waals surface area contributed by atoms with E-state index in [4.69, 9.17) is 0 Å². The molecule has 0 bridgehead atoms. The molecule has 2 aromatic heterocycles. The SMILES string of the molecule is Cc1ccccc1Cn1c2ccccc2c2cnn(CC(=O)NC3CCCC(C)C3C)c(=O)c21. The van der Waals surface area contributed by atoms with Crippen molar-refractivity contribution >= 4 is 27.7 Å². The van der Waals surface area contributed by atoms with E-state index in [0.717, 1.165) is 34.7 Å². The Bertz CT molecular complexity index is 1420. The van der Waals surface area contributed by atoms with Gasteiger partial charge >= 0.3 is 0 Å². The van der Waals surface area contributed by atoms with Crippen molar-refractivity contribution in [2.45, 2.75) is 59.2 Å². The molecule has 1 N–H and O–H groups in total. The predicted molar refractivity (Wildman–Crippen MR) is 136 cm³/mol. The Labute approximate surface area is 199 Å². The smallest absolute Gasteiger partial charge is 0.291 e. The normalized spacial score (nSPS) is 20.6. The lowest BCUT2D eigenvalue weighted by Crippen LogP contribution is -2.45. The minimum absolute atomic E-state index is 0.0712. The number of benzene rings is 2. The number of hydrogen-bond acceptors (Lipinski definition) is 3. The van der Waals surface area contributed by atoms with Crippen LogP contribution in [-0.2, 0) is 17.9 Å². The molecule has 1 saturated carbocycles. The number of para-hydroxylation sites is 1. The molecule has 6 heteroatoms. The van der Waals surface area contributed by atoms with Crippen LogP contribution >= 0.6 is 0 Å². The summed E-state index contributed by atoms with van der Waals surface area (Å²) in [5, 5.41) is 9.37. The van der Waals surface area contributed by atoms with Gasteiger partial charge in [-0.2, -0.15) is 5.10 Å². The highest BCUT2D eigenvalue weighted by Crippen LogP contribution is 2.30. The molecule has 0 aliphatic heterocycles. The van der Waals surface area contributed by atoms with Gasteiger partial charge in [0.15, 0.2) is 0 Å². The number of carbonyl (C=O) groups is 1. The Morgan fingerprint density at radius 2 is 1.82 bits per heavy atom. The van der Waals surface area contributed by atoms with Crippen molar-refractivity contribution in [2.75, 3.05) is 0 Å². The van der Waals surface area contributed by atoms with Gasteiger partial charge in [-0.1, -0.05) is 69.2 Å². The third kappa shape index (κ3) is 4.02. The molecule has 1 aliphatic rings. The number of nitrogens with zero attached hydrogens (tertiary/aromatic N) is 3. The lowest BCUT2D eigenvalue weighted by molar-refractivity contribution is -0.123. The summed E-state index contributed by atoms with van der Waals surface area (Å²) in [5.41, 5.74) is 3.69. The molecule has 2 aromatic carbocycles. The molecule has 1 fully saturated rings. The zero-order chi connectivity index (χ0) is 23.8. The summed E-state index contributed by atoms with van der Waals surface area (Å²) >= 11 is 0. The van der Waals surface area contributed by atoms with E-state index in [-0.39, 0.29) is 24.1 Å². The largest absolute Gasteiger partial charge is 0.351 e. The molecule has 34 heavy (non-hydrogen) atoms. The highest BCUT2D eigenvalue weighted by atomic mass is 16.2. The fraction of sp³-hybridized carbons (Fsp3) is 0.393. The van der Waals surface area contributed by atoms with Crippen molar-refractivity contribution in [2.24, 2.45) is 11.8 Å². The van der Waals surface area contributed by atoms with Crippen LogP contribution in [0.5, 0.6) is 0 Å². The molecule has 0 spiro atoms. The zero-order valence-electron chi connectivity index (χ0n) is 20.1. The van der Waals surface area contributed by atoms with Crippen LogP contribution in [-0.4, -0.2) is 26.3 Å². The highest BCUT2D eigenvalue weighted by molar-refractivity contribution is 6.07. The van der Waals surface area contributed by atoms with E-state index in [1.807, 2.05) is 36.4 Å². The quantitative estimate of drug-likeness (QED) is 0.475. The van der Waals surface area contributed by atoms with Crippen LogP contribution in [0.4, 0.5) is 0 Å². The van der Waals surface area contributed by atoms with Crippen molar-refractivity contribution in [1.82, 2.24) is 19.7 Å². The monoisotopic (exact) mass is 456 g/mol. The molecular formula is C28H32N4O2. The van der Waals surface area contributed by atoms with E-state index in [1.165, 1.54) is 16.7 Å². The predicted octanol–water partition coefficient (Wildman–Crippen LogP) is 4.65. The number of amides is 1. The van der Waals surface area contributed by atoms with Crippen LogP contribution in [0.15, 0.2) is 59.5 Å². The third-order valence-electron chi connectivity index (χ3n) is 7.71. The summed E-state index contributed by atoms with van der Waals surface area (Å²) in [6.45, 7) is 7.05. The van der Waals surface area contributed by atoms with Gasteiger partial charge in [0.25, 0.3) is 5.56 Å². The van der Waals surface area contributed by atoms with E-state index in [1.54, 1.807) is 6.20 Å². The van der Waals surface area contributed by atoms with Crippen LogP contribution in [0.3, 0.4) is 0 Å². The summed E-state index contributed by atoms with van der Waals surface area (Å²) in [6.07, 6.45) is 5.05. The third-order valence-corrected chi connectivity index (χ3v) is 7.71. The van der Waals surface area contributed by atoms with Gasteiger partial charge in [0.05, 0.1) is 6.20 Å². The molecule has 1 aliphatic carbocycles. The first-order valence-corrected chi connectivity index (χ1v) is 12.2. The fourth-order valence-corrected chi connectivity index (χ4v) is 5.40. The second kappa shape index (κ2) is 9.09. The van der Waals surface area contributed by atoms with Gasteiger partial charge in [-0.25, -0.2) is 4.68 Å². The van der Waals surface area contributed by atoms with E-state index < -0.39 is 0 Å². The van der Waals surface area contributed by atoms with Crippen LogP contribution in [0, 0.1) is 18.8 Å². The number of fused-ring (bicyclic) bond motifs is 3. The van der Waals surface area contributed by atoms with Crippen LogP contribution in [0.25, 0.3) is 21.8 Å². The average molecular weight is 457 g/mol. The van der Waals surface area contributed by atoms with Crippen molar-refractivity contribution in [3.05, 3.63) is 76.2 Å². The number of rotatable bonds is 5. The molecule has 1 amide bonds. The second-order valence-electron chi connectivity index (χ2n) is 9.84. The summed E-state index contributed by atoms with van der Waals surface area (Å²) in [7, 11) is 0. The maximum atomic E-state index is 13.6. The highest BCUT2D eigenvalue weighted by Gasteiger charge is 2.28. The summed E-state index contributed by atoms with van der Waals surface area (Å²) in [6, 6.07) is 16.4. The van der Waals surface area contributed by atoms with Crippen LogP contribution < -0.4 is 10.9 Å². The first-order chi connectivity index (χ1) is 16.4. The van der Waals surface area contributed by atoms with Crippen molar-refractivity contribution in [1.29, 1.82) is 0 Å². The standard InChI is InChI=1S/C28H32N4O2/c1-18-10-8-13-24(20(18)3)30-26(33)17-32-28(34)27-23(15-29-32)22-12-6-7-14-25(22)31(27)16-21-11-5-4-9-19(21)2/h4-7,9,11-12,14-15,18,20,24H,8,10,13,16-17H2,1-3H3,(H,30,33). The molecule has 6 nitrogen and oxygen atoms in total. The van der Waals surface area contributed by atoms with E-state index in [0.29, 0.717) is 23.9 Å². The molecule has 3 atom stereocenters.